The molecule has 0 radical (unpaired) electrons. The third-order valence-corrected chi connectivity index (χ3v) is 3.04. The van der Waals surface area contributed by atoms with Gasteiger partial charge in [0.25, 0.3) is 0 Å². The van der Waals surface area contributed by atoms with E-state index in [0.717, 1.165) is 12.0 Å². The maximum Gasteiger partial charge on any atom is 0.175 e. The normalized spacial score (nSPS) is 11.5. The van der Waals surface area contributed by atoms with Crippen molar-refractivity contribution in [2.45, 2.75) is 18.2 Å². The first kappa shape index (κ1) is 10.1. The molecule has 0 aromatic heterocycles. The highest BCUT2D eigenvalue weighted by atomic mass is 32.2. The molecule has 0 saturated carbocycles. The number of rotatable bonds is 2. The van der Waals surface area contributed by atoms with Gasteiger partial charge in [0.05, 0.1) is 4.90 Å². The molecule has 0 spiro atoms. The van der Waals surface area contributed by atoms with Crippen LogP contribution in [0, 0.1) is 0 Å². The van der Waals surface area contributed by atoms with Gasteiger partial charge in [0.1, 0.15) is 0 Å². The summed E-state index contributed by atoms with van der Waals surface area (Å²) in [5.74, 6) is 0. The lowest BCUT2D eigenvalue weighted by atomic mass is 10.1. The van der Waals surface area contributed by atoms with E-state index >= 15 is 0 Å². The van der Waals surface area contributed by atoms with E-state index < -0.39 is 9.84 Å². The lowest BCUT2D eigenvalue weighted by molar-refractivity contribution is 0.602. The molecular formula is C9H13NO2S. The molecule has 0 heterocycles. The van der Waals surface area contributed by atoms with Crippen LogP contribution in [-0.2, 0) is 16.3 Å². The van der Waals surface area contributed by atoms with Gasteiger partial charge in [-0.2, -0.15) is 0 Å². The van der Waals surface area contributed by atoms with E-state index in [1.54, 1.807) is 12.1 Å². The smallest absolute Gasteiger partial charge is 0.175 e. The predicted octanol–water partition coefficient (Wildman–Crippen LogP) is 1.23. The van der Waals surface area contributed by atoms with Gasteiger partial charge in [0.2, 0.25) is 0 Å². The number of nitrogens with two attached hydrogens (primary N) is 1. The summed E-state index contributed by atoms with van der Waals surface area (Å²) in [6.45, 7) is 1.98. The van der Waals surface area contributed by atoms with Gasteiger partial charge in [-0.1, -0.05) is 13.0 Å². The molecule has 1 aromatic rings. The Balaban J connectivity index is 3.26. The van der Waals surface area contributed by atoms with Crippen molar-refractivity contribution >= 4 is 15.5 Å². The van der Waals surface area contributed by atoms with Gasteiger partial charge >= 0.3 is 0 Å². The van der Waals surface area contributed by atoms with Crippen molar-refractivity contribution < 1.29 is 8.42 Å². The minimum absolute atomic E-state index is 0.280. The molecule has 0 aliphatic rings. The van der Waals surface area contributed by atoms with Crippen LogP contribution in [0.2, 0.25) is 0 Å². The van der Waals surface area contributed by atoms with Crippen LogP contribution in [0.25, 0.3) is 0 Å². The summed E-state index contributed by atoms with van der Waals surface area (Å²) in [5.41, 5.74) is 7.19. The monoisotopic (exact) mass is 199 g/mol. The van der Waals surface area contributed by atoms with Gasteiger partial charge in [-0.3, -0.25) is 0 Å². The Hall–Kier alpha value is -1.03. The molecule has 0 saturated heterocycles. The first-order valence-electron chi connectivity index (χ1n) is 4.03. The Morgan fingerprint density at radius 1 is 1.38 bits per heavy atom. The Labute approximate surface area is 78.5 Å². The van der Waals surface area contributed by atoms with Gasteiger partial charge in [-0.25, -0.2) is 8.42 Å². The van der Waals surface area contributed by atoms with Crippen LogP contribution in [0.3, 0.4) is 0 Å². The maximum atomic E-state index is 11.1. The largest absolute Gasteiger partial charge is 0.398 e. The molecule has 1 aromatic carbocycles. The molecule has 0 aliphatic heterocycles. The number of hydrogen-bond donors (Lipinski definition) is 1. The zero-order valence-corrected chi connectivity index (χ0v) is 8.56. The second kappa shape index (κ2) is 3.38. The van der Waals surface area contributed by atoms with Crippen molar-refractivity contribution in [3.05, 3.63) is 23.8 Å². The zero-order valence-electron chi connectivity index (χ0n) is 7.74. The standard InChI is InChI=1S/C9H13NO2S/c1-3-7-4-5-8(6-9(7)10)13(2,11)12/h4-6H,3,10H2,1-2H3. The lowest BCUT2D eigenvalue weighted by Gasteiger charge is -2.04. The Morgan fingerprint density at radius 2 is 2.00 bits per heavy atom. The molecule has 0 aliphatic carbocycles. The van der Waals surface area contributed by atoms with Crippen LogP contribution in [-0.4, -0.2) is 14.7 Å². The number of benzene rings is 1. The summed E-state index contributed by atoms with van der Waals surface area (Å²) in [6.07, 6.45) is 1.99. The molecule has 0 amide bonds. The Bertz CT molecular complexity index is 410. The van der Waals surface area contributed by atoms with E-state index in [1.165, 1.54) is 12.3 Å². The molecular weight excluding hydrogens is 186 g/mol. The van der Waals surface area contributed by atoms with E-state index in [9.17, 15) is 8.42 Å². The molecule has 1 rings (SSSR count). The van der Waals surface area contributed by atoms with Crippen molar-refractivity contribution in [1.82, 2.24) is 0 Å². The van der Waals surface area contributed by atoms with Crippen molar-refractivity contribution in [2.75, 3.05) is 12.0 Å². The average Bonchev–Trinajstić information content (AvgIpc) is 2.02. The second-order valence-electron chi connectivity index (χ2n) is 2.99. The van der Waals surface area contributed by atoms with Crippen LogP contribution in [0.1, 0.15) is 12.5 Å². The van der Waals surface area contributed by atoms with Crippen LogP contribution >= 0.6 is 0 Å². The van der Waals surface area contributed by atoms with E-state index in [1.807, 2.05) is 6.92 Å². The maximum absolute atomic E-state index is 11.1. The number of aryl methyl sites for hydroxylation is 1. The van der Waals surface area contributed by atoms with Gasteiger partial charge < -0.3 is 5.73 Å². The molecule has 4 heteroatoms. The van der Waals surface area contributed by atoms with E-state index in [-0.39, 0.29) is 4.90 Å². The highest BCUT2D eigenvalue weighted by Crippen LogP contribution is 2.18. The highest BCUT2D eigenvalue weighted by molar-refractivity contribution is 7.90. The number of hydrogen-bond acceptors (Lipinski definition) is 3. The molecule has 2 N–H and O–H groups in total. The SMILES string of the molecule is CCc1ccc(S(C)(=O)=O)cc1N. The average molecular weight is 199 g/mol. The van der Waals surface area contributed by atoms with Crippen LogP contribution < -0.4 is 5.73 Å². The summed E-state index contributed by atoms with van der Waals surface area (Å²) in [4.78, 5) is 0.280. The third-order valence-electron chi connectivity index (χ3n) is 1.93. The highest BCUT2D eigenvalue weighted by Gasteiger charge is 2.08. The van der Waals surface area contributed by atoms with E-state index in [2.05, 4.69) is 0 Å². The Kier molecular flexibility index (Phi) is 2.61. The number of nitrogen functional groups attached to an aromatic ring is 1. The van der Waals surface area contributed by atoms with E-state index in [0.29, 0.717) is 5.69 Å². The van der Waals surface area contributed by atoms with Crippen molar-refractivity contribution in [2.24, 2.45) is 0 Å². The van der Waals surface area contributed by atoms with Crippen molar-refractivity contribution in [3.63, 3.8) is 0 Å². The third kappa shape index (κ3) is 2.21. The minimum Gasteiger partial charge on any atom is -0.398 e. The molecule has 0 bridgehead atoms. The van der Waals surface area contributed by atoms with Crippen LogP contribution in [0.15, 0.2) is 23.1 Å². The molecule has 0 fully saturated rings. The summed E-state index contributed by atoms with van der Waals surface area (Å²) >= 11 is 0. The van der Waals surface area contributed by atoms with Gasteiger partial charge in [-0.15, -0.1) is 0 Å². The van der Waals surface area contributed by atoms with Crippen LogP contribution in [0.4, 0.5) is 5.69 Å². The van der Waals surface area contributed by atoms with E-state index in [4.69, 9.17) is 5.73 Å². The fraction of sp³-hybridized carbons (Fsp3) is 0.333. The van der Waals surface area contributed by atoms with Gasteiger partial charge in [-0.05, 0) is 24.1 Å². The Morgan fingerprint density at radius 3 is 2.38 bits per heavy atom. The topological polar surface area (TPSA) is 60.2 Å². The zero-order chi connectivity index (χ0) is 10.1. The second-order valence-corrected chi connectivity index (χ2v) is 5.00. The van der Waals surface area contributed by atoms with Crippen LogP contribution in [0.5, 0.6) is 0 Å². The minimum atomic E-state index is -3.13. The molecule has 0 atom stereocenters. The molecule has 13 heavy (non-hydrogen) atoms. The van der Waals surface area contributed by atoms with Gasteiger partial charge in [0, 0.05) is 11.9 Å². The summed E-state index contributed by atoms with van der Waals surface area (Å²) in [6, 6.07) is 4.85. The summed E-state index contributed by atoms with van der Waals surface area (Å²) < 4.78 is 22.3. The van der Waals surface area contributed by atoms with Crippen molar-refractivity contribution in [1.29, 1.82) is 0 Å². The summed E-state index contributed by atoms with van der Waals surface area (Å²) in [5, 5.41) is 0. The molecule has 72 valence electrons. The molecule has 0 unspecified atom stereocenters. The van der Waals surface area contributed by atoms with Crippen molar-refractivity contribution in [3.8, 4) is 0 Å². The molecule has 3 nitrogen and oxygen atoms in total. The first-order valence-corrected chi connectivity index (χ1v) is 5.92. The fourth-order valence-electron chi connectivity index (χ4n) is 1.13. The number of anilines is 1. The lowest BCUT2D eigenvalue weighted by Crippen LogP contribution is -2.00. The predicted molar refractivity (Wildman–Crippen MR) is 53.3 cm³/mol. The summed E-state index contributed by atoms with van der Waals surface area (Å²) in [7, 11) is -3.13. The number of sulfone groups is 1. The fourth-order valence-corrected chi connectivity index (χ4v) is 1.78. The quantitative estimate of drug-likeness (QED) is 0.729. The first-order chi connectivity index (χ1) is 5.95. The van der Waals surface area contributed by atoms with Gasteiger partial charge in [0.15, 0.2) is 9.84 Å².